The molecule has 3 atom stereocenters. The maximum Gasteiger partial charge on any atom is 0.256 e. The standard InChI is InChI=1S/C35H42N4O2/c1-24-10-8-11-25(2)39(24)33(16-6-7-19-37-23-26-12-4-3-5-13-26)29-18-17-28-21-31(35(41)38-32(28)22-29)27-14-9-15-30(20-27)34(36)40/h3-5,9,12-15,17-18,20-22,24-25,33,37H,6-8,10-11,16,19,23H2,1-2H3,(H2,36,40)(H,38,41)/t24-,25+,33?. The zero-order valence-electron chi connectivity index (χ0n) is 24.2. The third-order valence-corrected chi connectivity index (χ3v) is 8.59. The summed E-state index contributed by atoms with van der Waals surface area (Å²) in [5.41, 5.74) is 10.3. The Kier molecular flexibility index (Phi) is 9.32. The van der Waals surface area contributed by atoms with Crippen LogP contribution < -0.4 is 16.6 Å². The number of primary amides is 1. The third-order valence-electron chi connectivity index (χ3n) is 8.59. The lowest BCUT2D eigenvalue weighted by molar-refractivity contribution is 0.0488. The van der Waals surface area contributed by atoms with E-state index < -0.39 is 5.91 Å². The SMILES string of the molecule is C[C@@H]1CCC[C@H](C)N1C(CCCCNCc1ccccc1)c1ccc2cc(-c3cccc(C(N)=O)c3)c(=O)[nH]c2c1. The lowest BCUT2D eigenvalue weighted by atomic mass is 9.89. The molecule has 1 amide bonds. The number of aromatic nitrogens is 1. The molecule has 4 N–H and O–H groups in total. The summed E-state index contributed by atoms with van der Waals surface area (Å²) in [6, 6.07) is 27.3. The van der Waals surface area contributed by atoms with Crippen molar-refractivity contribution in [3.05, 3.63) is 106 Å². The van der Waals surface area contributed by atoms with E-state index in [1.54, 1.807) is 18.2 Å². The number of hydrogen-bond acceptors (Lipinski definition) is 4. The fraction of sp³-hybridized carbons (Fsp3) is 0.371. The summed E-state index contributed by atoms with van der Waals surface area (Å²) in [4.78, 5) is 30.7. The largest absolute Gasteiger partial charge is 0.366 e. The van der Waals surface area contributed by atoms with Gasteiger partial charge in [-0.05, 0) is 92.4 Å². The normalized spacial score (nSPS) is 18.4. The number of carbonyl (C=O) groups is 1. The molecule has 0 aliphatic carbocycles. The van der Waals surface area contributed by atoms with Crippen molar-refractivity contribution in [2.75, 3.05) is 6.54 Å². The minimum Gasteiger partial charge on any atom is -0.366 e. The molecule has 4 aromatic rings. The van der Waals surface area contributed by atoms with Crippen LogP contribution >= 0.6 is 0 Å². The highest BCUT2D eigenvalue weighted by Crippen LogP contribution is 2.36. The molecule has 6 heteroatoms. The van der Waals surface area contributed by atoms with Crippen LogP contribution in [0.4, 0.5) is 0 Å². The highest BCUT2D eigenvalue weighted by molar-refractivity contribution is 5.94. The number of H-pyrrole nitrogens is 1. The number of carbonyl (C=O) groups excluding carboxylic acids is 1. The molecule has 1 aliphatic rings. The van der Waals surface area contributed by atoms with Gasteiger partial charge in [-0.15, -0.1) is 0 Å². The van der Waals surface area contributed by atoms with Gasteiger partial charge in [-0.25, -0.2) is 0 Å². The summed E-state index contributed by atoms with van der Waals surface area (Å²) < 4.78 is 0. The first-order chi connectivity index (χ1) is 19.9. The number of likely N-dealkylation sites (tertiary alicyclic amines) is 1. The van der Waals surface area contributed by atoms with Gasteiger partial charge in [0.15, 0.2) is 0 Å². The molecule has 1 aromatic heterocycles. The number of fused-ring (bicyclic) bond motifs is 1. The molecule has 3 aromatic carbocycles. The van der Waals surface area contributed by atoms with Crippen molar-refractivity contribution in [3.63, 3.8) is 0 Å². The highest BCUT2D eigenvalue weighted by atomic mass is 16.1. The van der Waals surface area contributed by atoms with Crippen LogP contribution in [-0.4, -0.2) is 34.4 Å². The fourth-order valence-electron chi connectivity index (χ4n) is 6.44. The quantitative estimate of drug-likeness (QED) is 0.185. The Morgan fingerprint density at radius 3 is 2.51 bits per heavy atom. The number of pyridine rings is 1. The average Bonchev–Trinajstić information content (AvgIpc) is 2.97. The van der Waals surface area contributed by atoms with Crippen molar-refractivity contribution in [1.29, 1.82) is 0 Å². The molecule has 1 fully saturated rings. The maximum atomic E-state index is 13.2. The lowest BCUT2D eigenvalue weighted by Crippen LogP contribution is -2.46. The number of benzene rings is 3. The number of amides is 1. The van der Waals surface area contributed by atoms with Gasteiger partial charge in [-0.1, -0.05) is 67.4 Å². The smallest absolute Gasteiger partial charge is 0.256 e. The van der Waals surface area contributed by atoms with Gasteiger partial charge in [0.1, 0.15) is 0 Å². The van der Waals surface area contributed by atoms with Gasteiger partial charge in [-0.3, -0.25) is 14.5 Å². The van der Waals surface area contributed by atoms with E-state index in [1.165, 1.54) is 30.4 Å². The zero-order chi connectivity index (χ0) is 28.8. The Morgan fingerprint density at radius 2 is 1.76 bits per heavy atom. The van der Waals surface area contributed by atoms with Gasteiger partial charge in [0.05, 0.1) is 0 Å². The van der Waals surface area contributed by atoms with Gasteiger partial charge in [0, 0.05) is 41.3 Å². The molecular weight excluding hydrogens is 508 g/mol. The summed E-state index contributed by atoms with van der Waals surface area (Å²) in [6.45, 7) is 6.62. The molecule has 6 nitrogen and oxygen atoms in total. The number of nitrogens with one attached hydrogen (secondary N) is 2. The van der Waals surface area contributed by atoms with Crippen molar-refractivity contribution in [2.45, 2.75) is 77.0 Å². The van der Waals surface area contributed by atoms with Crippen LogP contribution in [0, 0.1) is 0 Å². The predicted molar refractivity (Wildman–Crippen MR) is 168 cm³/mol. The second-order valence-electron chi connectivity index (χ2n) is 11.6. The predicted octanol–water partition coefficient (Wildman–Crippen LogP) is 6.56. The third kappa shape index (κ3) is 6.95. The van der Waals surface area contributed by atoms with Crippen molar-refractivity contribution >= 4 is 16.8 Å². The molecule has 1 saturated heterocycles. The first kappa shape index (κ1) is 28.8. The van der Waals surface area contributed by atoms with Crippen LogP contribution in [0.1, 0.15) is 79.9 Å². The molecule has 0 bridgehead atoms. The molecular formula is C35H42N4O2. The summed E-state index contributed by atoms with van der Waals surface area (Å²) in [6.07, 6.45) is 7.05. The second kappa shape index (κ2) is 13.3. The monoisotopic (exact) mass is 550 g/mol. The van der Waals surface area contributed by atoms with Crippen molar-refractivity contribution in [2.24, 2.45) is 5.73 Å². The van der Waals surface area contributed by atoms with E-state index >= 15 is 0 Å². The molecule has 214 valence electrons. The minimum absolute atomic E-state index is 0.169. The van der Waals surface area contributed by atoms with E-state index in [9.17, 15) is 9.59 Å². The Morgan fingerprint density at radius 1 is 0.976 bits per heavy atom. The van der Waals surface area contributed by atoms with Crippen LogP contribution in [0.5, 0.6) is 0 Å². The Hall–Kier alpha value is -3.74. The first-order valence-electron chi connectivity index (χ1n) is 15.0. The number of nitrogens with two attached hydrogens (primary N) is 1. The number of aromatic amines is 1. The van der Waals surface area contributed by atoms with E-state index in [1.807, 2.05) is 12.1 Å². The molecule has 5 rings (SSSR count). The van der Waals surface area contributed by atoms with Crippen molar-refractivity contribution < 1.29 is 4.79 Å². The van der Waals surface area contributed by atoms with E-state index in [0.717, 1.165) is 43.3 Å². The Labute approximate surface area is 243 Å². The van der Waals surface area contributed by atoms with Gasteiger partial charge in [0.2, 0.25) is 5.91 Å². The van der Waals surface area contributed by atoms with E-state index in [2.05, 4.69) is 77.6 Å². The van der Waals surface area contributed by atoms with Crippen molar-refractivity contribution in [1.82, 2.24) is 15.2 Å². The summed E-state index contributed by atoms with van der Waals surface area (Å²) in [5.74, 6) is -0.507. The summed E-state index contributed by atoms with van der Waals surface area (Å²) in [7, 11) is 0. The molecule has 1 unspecified atom stereocenters. The van der Waals surface area contributed by atoms with E-state index in [4.69, 9.17) is 5.73 Å². The Balaban J connectivity index is 1.36. The molecule has 1 aliphatic heterocycles. The first-order valence-corrected chi connectivity index (χ1v) is 15.0. The van der Waals surface area contributed by atoms with Crippen LogP contribution in [0.15, 0.2) is 83.7 Å². The summed E-state index contributed by atoms with van der Waals surface area (Å²) >= 11 is 0. The minimum atomic E-state index is -0.507. The van der Waals surface area contributed by atoms with Crippen molar-refractivity contribution in [3.8, 4) is 11.1 Å². The highest BCUT2D eigenvalue weighted by Gasteiger charge is 2.31. The average molecular weight is 551 g/mol. The molecule has 41 heavy (non-hydrogen) atoms. The van der Waals surface area contributed by atoms with Gasteiger partial charge in [0.25, 0.3) is 5.56 Å². The molecule has 0 radical (unpaired) electrons. The maximum absolute atomic E-state index is 13.2. The van der Waals surface area contributed by atoms with Crippen LogP contribution in [0.25, 0.3) is 22.0 Å². The molecule has 0 saturated carbocycles. The summed E-state index contributed by atoms with van der Waals surface area (Å²) in [5, 5.41) is 4.56. The molecule has 2 heterocycles. The van der Waals surface area contributed by atoms with Gasteiger partial charge in [-0.2, -0.15) is 0 Å². The number of piperidine rings is 1. The van der Waals surface area contributed by atoms with Crippen LogP contribution in [-0.2, 0) is 6.54 Å². The Bertz CT molecular complexity index is 1520. The van der Waals surface area contributed by atoms with Crippen LogP contribution in [0.3, 0.4) is 0 Å². The lowest BCUT2D eigenvalue weighted by Gasteiger charge is -2.44. The van der Waals surface area contributed by atoms with Gasteiger partial charge >= 0.3 is 0 Å². The van der Waals surface area contributed by atoms with Gasteiger partial charge < -0.3 is 16.0 Å². The second-order valence-corrected chi connectivity index (χ2v) is 11.6. The van der Waals surface area contributed by atoms with E-state index in [-0.39, 0.29) is 5.56 Å². The van der Waals surface area contributed by atoms with Crippen LogP contribution in [0.2, 0.25) is 0 Å². The number of rotatable bonds is 11. The number of unbranched alkanes of at least 4 members (excludes halogenated alkanes) is 1. The topological polar surface area (TPSA) is 91.2 Å². The van der Waals surface area contributed by atoms with E-state index in [0.29, 0.717) is 34.8 Å². The molecule has 0 spiro atoms. The number of nitrogens with zero attached hydrogens (tertiary/aromatic N) is 1. The zero-order valence-corrected chi connectivity index (χ0v) is 24.2. The number of hydrogen-bond donors (Lipinski definition) is 3. The fourth-order valence-corrected chi connectivity index (χ4v) is 6.44.